The first-order valence-electron chi connectivity index (χ1n) is 49.4. The Kier molecular flexibility index (Phi) is 51.2. The summed E-state index contributed by atoms with van der Waals surface area (Å²) in [5.74, 6) is 1.66. The molecule has 0 aromatic heterocycles. The molecule has 0 unspecified atom stereocenters. The summed E-state index contributed by atoms with van der Waals surface area (Å²) in [4.78, 5) is 53.0. The number of oxime groups is 6. The quantitative estimate of drug-likeness (QED) is 0.0114. The van der Waals surface area contributed by atoms with Crippen LogP contribution in [0.3, 0.4) is 0 Å². The van der Waals surface area contributed by atoms with Crippen LogP contribution in [0.2, 0.25) is 0 Å². The van der Waals surface area contributed by atoms with Gasteiger partial charge in [-0.1, -0.05) is 161 Å². The monoisotopic (exact) mass is 2010 g/mol. The number of rotatable bonds is 41. The zero-order chi connectivity index (χ0) is 103. The highest BCUT2D eigenvalue weighted by atomic mass is 32.2. The maximum atomic E-state index is 5.79. The molecule has 0 aliphatic carbocycles. The van der Waals surface area contributed by atoms with E-state index in [0.29, 0.717) is 33.0 Å². The molecule has 13 rings (SSSR count). The number of likely N-dealkylation sites (N-methyl/N-ethyl adjacent to an activating group) is 1. The molecule has 6 saturated heterocycles. The molecule has 0 bridgehead atoms. The van der Waals surface area contributed by atoms with Crippen molar-refractivity contribution >= 4 is 75.2 Å². The van der Waals surface area contributed by atoms with Crippen LogP contribution < -0.4 is 14.4 Å². The van der Waals surface area contributed by atoms with E-state index < -0.39 is 0 Å². The number of hydrogen-bond donors (Lipinski definition) is 0. The molecule has 6 fully saturated rings. The van der Waals surface area contributed by atoms with E-state index >= 15 is 0 Å². The third-order valence-electron chi connectivity index (χ3n) is 26.1. The predicted molar refractivity (Wildman–Crippen MR) is 587 cm³/mol. The van der Waals surface area contributed by atoms with E-state index in [0.717, 1.165) is 255 Å². The van der Waals surface area contributed by atoms with Gasteiger partial charge in [0, 0.05) is 132 Å². The second-order valence-electron chi connectivity index (χ2n) is 37.6. The van der Waals surface area contributed by atoms with Crippen LogP contribution in [0.15, 0.2) is 260 Å². The number of benzene rings is 7. The Morgan fingerprint density at radius 1 is 0.338 bits per heavy atom. The van der Waals surface area contributed by atoms with Gasteiger partial charge in [-0.3, -0.25) is 29.4 Å². The Hall–Kier alpha value is -9.45. The number of thioether (sulfide) groups is 3. The van der Waals surface area contributed by atoms with Crippen molar-refractivity contribution in [3.8, 4) is 11.5 Å². The SMILES string of the molecule is C=CCON=C(c1ccc(N2CCOCC2)cc1)C(C)(C)N1CCOCC1.C=CCON=C(c1ccc(OC)cc1)C(C)(C)N(C)C.C=CCON=C(c1ccc(SC)cc1)C(C)(C)N1CCOCC1.CCCCON=C(c1ccc(SC)cc1)C(C)(C)N1CCOCC1.CON=C(c1ccc(OC)cc1)C(C)(C)N1CCOCC1.CSc1ccc(C(=NOCc2ccccc2)C(C)(C)N2CCOCC2)cc1. The molecule has 6 heterocycles. The smallest absolute Gasteiger partial charge is 0.142 e. The number of hydrogen-bond acceptors (Lipinski definition) is 30. The molecule has 142 heavy (non-hydrogen) atoms. The molecule has 7 aromatic rings. The van der Waals surface area contributed by atoms with Crippen molar-refractivity contribution in [3.05, 3.63) is 253 Å². The van der Waals surface area contributed by atoms with Crippen LogP contribution in [0.25, 0.3) is 0 Å². The summed E-state index contributed by atoms with van der Waals surface area (Å²) in [7, 11) is 8.94. The van der Waals surface area contributed by atoms with Gasteiger partial charge < -0.3 is 71.8 Å². The summed E-state index contributed by atoms with van der Waals surface area (Å²) in [6.45, 7) is 61.7. The molecule has 0 spiro atoms. The normalized spacial score (nSPS) is 16.9. The molecule has 7 aromatic carbocycles. The first-order chi connectivity index (χ1) is 68.4. The van der Waals surface area contributed by atoms with Gasteiger partial charge in [0.2, 0.25) is 0 Å². The Labute approximate surface area is 862 Å². The van der Waals surface area contributed by atoms with E-state index in [1.165, 1.54) is 20.4 Å². The molecule has 30 heteroatoms. The molecule has 0 amide bonds. The summed E-state index contributed by atoms with van der Waals surface area (Å²) in [6, 6.07) is 60.1. The third kappa shape index (κ3) is 36.0. The number of methoxy groups -OCH3 is 2. The molecule has 0 saturated carbocycles. The van der Waals surface area contributed by atoms with E-state index in [2.05, 4.69) is 303 Å². The molecule has 27 nitrogen and oxygen atoms in total. The van der Waals surface area contributed by atoms with Crippen molar-refractivity contribution in [1.82, 2.24) is 29.4 Å². The highest BCUT2D eigenvalue weighted by Gasteiger charge is 2.41. The summed E-state index contributed by atoms with van der Waals surface area (Å²) in [6.07, 6.45) is 13.5. The van der Waals surface area contributed by atoms with Crippen LogP contribution in [0.1, 0.15) is 142 Å². The average Bonchev–Trinajstić information content (AvgIpc) is 0.802. The highest BCUT2D eigenvalue weighted by molar-refractivity contribution is 7.99. The molecular weight excluding hydrogens is 1850 g/mol. The lowest BCUT2D eigenvalue weighted by Crippen LogP contribution is -2.54. The summed E-state index contributed by atoms with van der Waals surface area (Å²) in [5, 5.41) is 26.7. The Morgan fingerprint density at radius 2 is 0.599 bits per heavy atom. The standard InChI is InChI=1S/C22H28N2O2S.C21H31N3O3.C19H30N2O2S.C18H26N2O2S.C16H24N2O3.C16H24N2O2/c1-22(2,24-13-15-25-16-14-24)21(19-9-11-20(27-3)12-10-19)23-26-17-18-7-5-4-6-8-18;1-4-13-27-22-20(21(2,3)24-11-16-26-17-12-24)18-5-7-19(8-6-18)23-9-14-25-15-10-23;1-5-6-13-23-20-18(16-7-9-17(24-4)10-8-16)19(2,3)21-11-14-22-15-12-21;1-5-12-22-19-17(15-6-8-16(23-4)9-7-15)18(2,3)20-10-13-21-14-11-20;1-16(2,18-9-11-21-12-10-18)15(17-20-4)13-5-7-14(19-3)8-6-13;1-7-12-20-17-15(16(2,3)18(4)5)13-8-10-14(19-6)11-9-13/h4-12H,13-17H2,1-3H3;4-8H,1,9-17H2,2-3H3;7-10H,5-6,11-15H2,1-4H3;5-9H,1,10-14H2,2-4H3;5-8H,9-12H2,1-4H3;7-11H,1,12H2,2-6H3. The zero-order valence-electron chi connectivity index (χ0n) is 88.8. The minimum atomic E-state index is -0.259. The van der Waals surface area contributed by atoms with E-state index in [-0.39, 0.29) is 33.2 Å². The van der Waals surface area contributed by atoms with Crippen molar-refractivity contribution in [3.63, 3.8) is 0 Å². The van der Waals surface area contributed by atoms with Gasteiger partial charge >= 0.3 is 0 Å². The fourth-order valence-electron chi connectivity index (χ4n) is 16.7. The van der Waals surface area contributed by atoms with Gasteiger partial charge in [0.15, 0.2) is 0 Å². The second-order valence-corrected chi connectivity index (χ2v) is 40.2. The molecule has 778 valence electrons. The summed E-state index contributed by atoms with van der Waals surface area (Å²) < 4.78 is 43.3. The lowest BCUT2D eigenvalue weighted by atomic mass is 9.89. The number of morpholine rings is 6. The fraction of sp³-hybridized carbons (Fsp3) is 0.518. The number of nitrogens with zero attached hydrogens (tertiary/aromatic N) is 13. The summed E-state index contributed by atoms with van der Waals surface area (Å²) >= 11 is 5.23. The lowest BCUT2D eigenvalue weighted by Gasteiger charge is -2.41. The summed E-state index contributed by atoms with van der Waals surface area (Å²) in [5.41, 5.74) is 12.9. The van der Waals surface area contributed by atoms with Crippen molar-refractivity contribution in [2.75, 3.05) is 243 Å². The maximum absolute atomic E-state index is 5.79. The van der Waals surface area contributed by atoms with Crippen LogP contribution in [0.5, 0.6) is 11.5 Å². The first-order valence-corrected chi connectivity index (χ1v) is 53.1. The molecule has 0 N–H and O–H groups in total. The zero-order valence-corrected chi connectivity index (χ0v) is 91.2. The lowest BCUT2D eigenvalue weighted by molar-refractivity contribution is 0.00862. The minimum Gasteiger partial charge on any atom is -0.497 e. The molecule has 6 aliphatic heterocycles. The minimum absolute atomic E-state index is 0.198. The van der Waals surface area contributed by atoms with Gasteiger partial charge in [-0.25, -0.2) is 0 Å². The van der Waals surface area contributed by atoms with Gasteiger partial charge in [-0.05, 0) is 225 Å². The van der Waals surface area contributed by atoms with Crippen molar-refractivity contribution in [1.29, 1.82) is 0 Å². The maximum Gasteiger partial charge on any atom is 0.142 e. The van der Waals surface area contributed by atoms with Crippen LogP contribution in [0, 0.1) is 0 Å². The topological polar surface area (TPSA) is 226 Å². The van der Waals surface area contributed by atoms with Gasteiger partial charge in [0.05, 0.1) is 127 Å². The van der Waals surface area contributed by atoms with Crippen molar-refractivity contribution < 1.29 is 66.9 Å². The second kappa shape index (κ2) is 61.7. The molecule has 6 aliphatic rings. The largest absolute Gasteiger partial charge is 0.497 e. The van der Waals surface area contributed by atoms with Crippen LogP contribution in [-0.2, 0) is 64.1 Å². The number of ether oxygens (including phenoxy) is 8. The van der Waals surface area contributed by atoms with Crippen molar-refractivity contribution in [2.45, 2.75) is 157 Å². The van der Waals surface area contributed by atoms with Gasteiger partial charge in [-0.15, -0.1) is 35.3 Å². The Morgan fingerprint density at radius 3 is 0.873 bits per heavy atom. The van der Waals surface area contributed by atoms with Gasteiger partial charge in [-0.2, -0.15) is 0 Å². The Balaban J connectivity index is 0.000000209. The number of unbranched alkanes of at least 4 members (excludes halogenated alkanes) is 1. The average molecular weight is 2010 g/mol. The number of anilines is 1. The van der Waals surface area contributed by atoms with Crippen LogP contribution >= 0.6 is 35.3 Å². The molecular formula is C112H163N13O14S3. The molecule has 0 radical (unpaired) electrons. The van der Waals surface area contributed by atoms with Gasteiger partial charge in [0.1, 0.15) is 85.9 Å². The fourth-order valence-corrected chi connectivity index (χ4v) is 17.9. The van der Waals surface area contributed by atoms with E-state index in [4.69, 9.17) is 66.9 Å². The third-order valence-corrected chi connectivity index (χ3v) is 28.4. The van der Waals surface area contributed by atoms with E-state index in [9.17, 15) is 0 Å². The highest BCUT2D eigenvalue weighted by Crippen LogP contribution is 2.33. The Bertz CT molecular complexity index is 4970. The predicted octanol–water partition coefficient (Wildman–Crippen LogP) is 19.5. The molecule has 0 atom stereocenters. The van der Waals surface area contributed by atoms with Gasteiger partial charge in [0.25, 0.3) is 0 Å². The van der Waals surface area contributed by atoms with Crippen LogP contribution in [0.4, 0.5) is 5.69 Å². The first kappa shape index (κ1) is 118. The van der Waals surface area contributed by atoms with Crippen molar-refractivity contribution in [2.24, 2.45) is 30.9 Å². The van der Waals surface area contributed by atoms with E-state index in [1.54, 1.807) is 74.8 Å². The van der Waals surface area contributed by atoms with Crippen LogP contribution in [-0.4, -0.2) is 335 Å². The van der Waals surface area contributed by atoms with E-state index in [1.807, 2.05) is 80.8 Å².